The van der Waals surface area contributed by atoms with E-state index < -0.39 is 11.7 Å². The number of rotatable bonds is 6. The molecule has 0 saturated carbocycles. The molecule has 0 fully saturated rings. The van der Waals surface area contributed by atoms with Crippen molar-refractivity contribution in [3.05, 3.63) is 35.4 Å². The smallest absolute Gasteiger partial charge is 0.408 e. The molecule has 23 heavy (non-hydrogen) atoms. The summed E-state index contributed by atoms with van der Waals surface area (Å²) in [5, 5.41) is 5.53. The molecular weight excluding hydrogens is 316 g/mol. The molecule has 1 aromatic carbocycles. The van der Waals surface area contributed by atoms with Crippen molar-refractivity contribution < 1.29 is 14.3 Å². The monoisotopic (exact) mass is 340 g/mol. The zero-order valence-corrected chi connectivity index (χ0v) is 14.9. The number of hydrogen-bond donors (Lipinski definition) is 2. The normalized spacial score (nSPS) is 12.4. The molecule has 0 radical (unpaired) electrons. The molecule has 2 amide bonds. The van der Waals surface area contributed by atoms with E-state index in [0.29, 0.717) is 0 Å². The van der Waals surface area contributed by atoms with Crippen LogP contribution in [0.2, 0.25) is 0 Å². The van der Waals surface area contributed by atoms with Crippen LogP contribution in [-0.2, 0) is 16.0 Å². The molecule has 1 atom stereocenters. The van der Waals surface area contributed by atoms with Crippen LogP contribution in [0.15, 0.2) is 24.3 Å². The summed E-state index contributed by atoms with van der Waals surface area (Å²) in [6.45, 7) is 7.70. The van der Waals surface area contributed by atoms with Gasteiger partial charge in [-0.1, -0.05) is 31.2 Å². The van der Waals surface area contributed by atoms with Crippen LogP contribution in [-0.4, -0.2) is 30.0 Å². The fourth-order valence-corrected chi connectivity index (χ4v) is 2.24. The van der Waals surface area contributed by atoms with Crippen molar-refractivity contribution in [3.8, 4) is 0 Å². The molecule has 0 aliphatic carbocycles. The number of carbonyl (C=O) groups is 2. The van der Waals surface area contributed by atoms with E-state index in [-0.39, 0.29) is 24.4 Å². The van der Waals surface area contributed by atoms with E-state index in [9.17, 15) is 9.59 Å². The van der Waals surface area contributed by atoms with E-state index in [0.717, 1.165) is 17.5 Å². The Morgan fingerprint density at radius 1 is 1.26 bits per heavy atom. The predicted molar refractivity (Wildman–Crippen MR) is 91.7 cm³/mol. The summed E-state index contributed by atoms with van der Waals surface area (Å²) < 4.78 is 5.31. The average molecular weight is 341 g/mol. The minimum Gasteiger partial charge on any atom is -0.444 e. The van der Waals surface area contributed by atoms with Crippen LogP contribution in [0.25, 0.3) is 0 Å². The van der Waals surface area contributed by atoms with Gasteiger partial charge in [0.25, 0.3) is 0 Å². The van der Waals surface area contributed by atoms with Gasteiger partial charge in [0.05, 0.1) is 6.04 Å². The molecule has 128 valence electrons. The van der Waals surface area contributed by atoms with Gasteiger partial charge in [0.1, 0.15) is 11.5 Å². The van der Waals surface area contributed by atoms with Gasteiger partial charge in [-0.2, -0.15) is 0 Å². The number of alkyl halides is 1. The van der Waals surface area contributed by atoms with Crippen molar-refractivity contribution in [3.63, 3.8) is 0 Å². The molecule has 6 heteroatoms. The van der Waals surface area contributed by atoms with E-state index in [2.05, 4.69) is 10.6 Å². The van der Waals surface area contributed by atoms with E-state index in [1.165, 1.54) is 0 Å². The summed E-state index contributed by atoms with van der Waals surface area (Å²) in [6.07, 6.45) is 0.306. The van der Waals surface area contributed by atoms with Gasteiger partial charge in [-0.25, -0.2) is 4.79 Å². The number of halogens is 1. The van der Waals surface area contributed by atoms with Crippen LogP contribution in [0.5, 0.6) is 0 Å². The molecule has 2 N–H and O–H groups in total. The minimum atomic E-state index is -0.585. The van der Waals surface area contributed by atoms with E-state index in [1.54, 1.807) is 20.8 Å². The molecule has 0 aromatic heterocycles. The van der Waals surface area contributed by atoms with Gasteiger partial charge < -0.3 is 15.4 Å². The summed E-state index contributed by atoms with van der Waals surface area (Å²) in [4.78, 5) is 23.5. The van der Waals surface area contributed by atoms with Gasteiger partial charge in [0.15, 0.2) is 0 Å². The zero-order chi connectivity index (χ0) is 17.5. The Kier molecular flexibility index (Phi) is 7.36. The standard InChI is InChI=1S/C17H25ClN2O3/c1-5-12-8-6-7-9-13(12)14(11-19-15(21)10-18)20-16(22)23-17(2,3)4/h6-9,14H,5,10-11H2,1-4H3,(H,19,21)(H,20,22). The average Bonchev–Trinajstić information content (AvgIpc) is 2.49. The Bertz CT molecular complexity index is 541. The first-order valence-corrected chi connectivity index (χ1v) is 8.20. The van der Waals surface area contributed by atoms with Crippen LogP contribution < -0.4 is 10.6 Å². The number of benzene rings is 1. The highest BCUT2D eigenvalue weighted by atomic mass is 35.5. The molecular formula is C17H25ClN2O3. The number of ether oxygens (including phenoxy) is 1. The summed E-state index contributed by atoms with van der Waals surface area (Å²) >= 11 is 5.51. The largest absolute Gasteiger partial charge is 0.444 e. The molecule has 1 unspecified atom stereocenters. The fraction of sp³-hybridized carbons (Fsp3) is 0.529. The molecule has 5 nitrogen and oxygen atoms in total. The molecule has 0 aliphatic rings. The van der Waals surface area contributed by atoms with Crippen LogP contribution in [0.4, 0.5) is 4.79 Å². The van der Waals surface area contributed by atoms with Crippen molar-refractivity contribution >= 4 is 23.6 Å². The first-order chi connectivity index (χ1) is 10.8. The van der Waals surface area contributed by atoms with E-state index in [4.69, 9.17) is 16.3 Å². The summed E-state index contributed by atoms with van der Waals surface area (Å²) in [6, 6.07) is 7.41. The second-order valence-corrected chi connectivity index (χ2v) is 6.46. The maximum absolute atomic E-state index is 12.1. The number of amides is 2. The molecule has 1 rings (SSSR count). The lowest BCUT2D eigenvalue weighted by Gasteiger charge is -2.25. The van der Waals surface area contributed by atoms with Crippen LogP contribution in [0.1, 0.15) is 44.9 Å². The third-order valence-electron chi connectivity index (χ3n) is 3.13. The first-order valence-electron chi connectivity index (χ1n) is 7.66. The summed E-state index contributed by atoms with van der Waals surface area (Å²) in [5.41, 5.74) is 1.47. The molecule has 0 heterocycles. The fourth-order valence-electron chi connectivity index (χ4n) is 2.15. The lowest BCUT2D eigenvalue weighted by atomic mass is 9.98. The predicted octanol–water partition coefficient (Wildman–Crippen LogP) is 3.17. The summed E-state index contributed by atoms with van der Waals surface area (Å²) in [7, 11) is 0. The minimum absolute atomic E-state index is 0.116. The third-order valence-corrected chi connectivity index (χ3v) is 3.37. The Hall–Kier alpha value is -1.75. The van der Waals surface area contributed by atoms with E-state index in [1.807, 2.05) is 31.2 Å². The molecule has 0 aliphatic heterocycles. The molecule has 1 aromatic rings. The van der Waals surface area contributed by atoms with E-state index >= 15 is 0 Å². The Balaban J connectivity index is 2.92. The van der Waals surface area contributed by atoms with Gasteiger partial charge in [-0.15, -0.1) is 11.6 Å². The quantitative estimate of drug-likeness (QED) is 0.781. The highest BCUT2D eigenvalue weighted by molar-refractivity contribution is 6.27. The van der Waals surface area contributed by atoms with Crippen molar-refractivity contribution in [2.24, 2.45) is 0 Å². The second kappa shape index (κ2) is 8.77. The number of hydrogen-bond acceptors (Lipinski definition) is 3. The van der Waals surface area contributed by atoms with Crippen molar-refractivity contribution in [1.82, 2.24) is 10.6 Å². The Morgan fingerprint density at radius 3 is 2.48 bits per heavy atom. The maximum atomic E-state index is 12.1. The molecule has 0 spiro atoms. The van der Waals surface area contributed by atoms with Gasteiger partial charge in [0, 0.05) is 6.54 Å². The van der Waals surface area contributed by atoms with Gasteiger partial charge in [0.2, 0.25) is 5.91 Å². The van der Waals surface area contributed by atoms with Gasteiger partial charge >= 0.3 is 6.09 Å². The zero-order valence-electron chi connectivity index (χ0n) is 14.1. The topological polar surface area (TPSA) is 67.4 Å². The lowest BCUT2D eigenvalue weighted by Crippen LogP contribution is -2.41. The van der Waals surface area contributed by atoms with Gasteiger partial charge in [-0.05, 0) is 38.3 Å². The third kappa shape index (κ3) is 6.91. The highest BCUT2D eigenvalue weighted by Crippen LogP contribution is 2.19. The van der Waals surface area contributed by atoms with Gasteiger partial charge in [-0.3, -0.25) is 4.79 Å². The van der Waals surface area contributed by atoms with Crippen LogP contribution in [0.3, 0.4) is 0 Å². The number of carbonyl (C=O) groups excluding carboxylic acids is 2. The highest BCUT2D eigenvalue weighted by Gasteiger charge is 2.22. The summed E-state index contributed by atoms with van der Waals surface area (Å²) in [5.74, 6) is -0.397. The Labute approximate surface area is 142 Å². The molecule has 0 bridgehead atoms. The number of aryl methyl sites for hydroxylation is 1. The van der Waals surface area contributed by atoms with Crippen molar-refractivity contribution in [2.75, 3.05) is 12.4 Å². The molecule has 0 saturated heterocycles. The lowest BCUT2D eigenvalue weighted by molar-refractivity contribution is -0.118. The first kappa shape index (κ1) is 19.3. The van der Waals surface area contributed by atoms with Crippen molar-refractivity contribution in [1.29, 1.82) is 0 Å². The Morgan fingerprint density at radius 2 is 1.91 bits per heavy atom. The maximum Gasteiger partial charge on any atom is 0.408 e. The van der Waals surface area contributed by atoms with Crippen LogP contribution in [0, 0.1) is 0 Å². The van der Waals surface area contributed by atoms with Crippen LogP contribution >= 0.6 is 11.6 Å². The van der Waals surface area contributed by atoms with Crippen molar-refractivity contribution in [2.45, 2.75) is 45.8 Å². The number of alkyl carbamates (subject to hydrolysis) is 1. The number of nitrogens with one attached hydrogen (secondary N) is 2. The SMILES string of the molecule is CCc1ccccc1C(CNC(=O)CCl)NC(=O)OC(C)(C)C. The second-order valence-electron chi connectivity index (χ2n) is 6.19.